The average Bonchev–Trinajstić information content (AvgIpc) is 2.30. The number of hydrogen-bond acceptors (Lipinski definition) is 0. The standard InChI is InChI=1S/C13H11BF/c15-13-8-6-12(7-9-13)14-10-11-4-2-1-3-5-11/h1-9H,10H2. The zero-order valence-electron chi connectivity index (χ0n) is 8.36. The molecule has 2 aromatic carbocycles. The molecular formula is C13H11BF. The highest BCUT2D eigenvalue weighted by Crippen LogP contribution is 1.99. The molecule has 0 aliphatic rings. The van der Waals surface area contributed by atoms with E-state index in [2.05, 4.69) is 19.4 Å². The molecule has 0 amide bonds. The lowest BCUT2D eigenvalue weighted by molar-refractivity contribution is 0.628. The van der Waals surface area contributed by atoms with E-state index in [0.717, 1.165) is 11.8 Å². The normalized spacial score (nSPS) is 9.93. The van der Waals surface area contributed by atoms with Gasteiger partial charge in [0.15, 0.2) is 7.28 Å². The molecule has 0 unspecified atom stereocenters. The molecule has 0 spiro atoms. The molecular weight excluding hydrogens is 186 g/mol. The molecule has 0 bridgehead atoms. The summed E-state index contributed by atoms with van der Waals surface area (Å²) in [5.74, 6) is -0.188. The van der Waals surface area contributed by atoms with Gasteiger partial charge in [0.25, 0.3) is 0 Å². The van der Waals surface area contributed by atoms with Gasteiger partial charge < -0.3 is 0 Å². The van der Waals surface area contributed by atoms with Crippen molar-refractivity contribution in [3.05, 3.63) is 66.0 Å². The quantitative estimate of drug-likeness (QED) is 0.662. The van der Waals surface area contributed by atoms with Crippen LogP contribution in [0.25, 0.3) is 0 Å². The number of benzene rings is 2. The van der Waals surface area contributed by atoms with Crippen LogP contribution in [0.2, 0.25) is 0 Å². The second-order valence-electron chi connectivity index (χ2n) is 3.45. The van der Waals surface area contributed by atoms with Gasteiger partial charge in [-0.1, -0.05) is 53.5 Å². The van der Waals surface area contributed by atoms with Crippen molar-refractivity contribution in [2.45, 2.75) is 6.32 Å². The zero-order valence-corrected chi connectivity index (χ0v) is 8.36. The van der Waals surface area contributed by atoms with Crippen LogP contribution < -0.4 is 5.46 Å². The molecule has 0 atom stereocenters. The molecule has 0 saturated heterocycles. The van der Waals surface area contributed by atoms with Gasteiger partial charge in [-0.05, 0) is 18.5 Å². The Morgan fingerprint density at radius 1 is 0.867 bits per heavy atom. The van der Waals surface area contributed by atoms with Crippen LogP contribution in [-0.4, -0.2) is 7.28 Å². The van der Waals surface area contributed by atoms with E-state index < -0.39 is 0 Å². The van der Waals surface area contributed by atoms with E-state index in [-0.39, 0.29) is 5.82 Å². The Morgan fingerprint density at radius 2 is 1.53 bits per heavy atom. The summed E-state index contributed by atoms with van der Waals surface area (Å²) < 4.78 is 12.6. The van der Waals surface area contributed by atoms with Crippen LogP contribution in [0.1, 0.15) is 5.56 Å². The monoisotopic (exact) mass is 197 g/mol. The summed E-state index contributed by atoms with van der Waals surface area (Å²) in [6, 6.07) is 16.8. The van der Waals surface area contributed by atoms with Gasteiger partial charge >= 0.3 is 0 Å². The summed E-state index contributed by atoms with van der Waals surface area (Å²) >= 11 is 0. The fourth-order valence-electron chi connectivity index (χ4n) is 1.45. The van der Waals surface area contributed by atoms with E-state index in [1.54, 1.807) is 12.1 Å². The highest BCUT2D eigenvalue weighted by atomic mass is 19.1. The lowest BCUT2D eigenvalue weighted by Gasteiger charge is -2.00. The Bertz CT molecular complexity index is 408. The third-order valence-corrected chi connectivity index (χ3v) is 2.29. The molecule has 73 valence electrons. The van der Waals surface area contributed by atoms with Crippen LogP contribution in [-0.2, 0) is 6.32 Å². The van der Waals surface area contributed by atoms with Gasteiger partial charge in [-0.3, -0.25) is 0 Å². The Hall–Kier alpha value is -1.57. The minimum atomic E-state index is -0.188. The van der Waals surface area contributed by atoms with Crippen molar-refractivity contribution in [1.29, 1.82) is 0 Å². The summed E-state index contributed by atoms with van der Waals surface area (Å²) in [6.45, 7) is 0. The van der Waals surface area contributed by atoms with Gasteiger partial charge in [0.05, 0.1) is 0 Å². The molecule has 0 heterocycles. The molecule has 0 N–H and O–H groups in total. The van der Waals surface area contributed by atoms with Gasteiger partial charge in [0.2, 0.25) is 0 Å². The second kappa shape index (κ2) is 4.78. The fraction of sp³-hybridized carbons (Fsp3) is 0.0769. The van der Waals surface area contributed by atoms with E-state index in [9.17, 15) is 4.39 Å². The molecule has 0 aliphatic carbocycles. The Kier molecular flexibility index (Phi) is 3.18. The van der Waals surface area contributed by atoms with Gasteiger partial charge in [0.1, 0.15) is 5.82 Å². The average molecular weight is 197 g/mol. The SMILES string of the molecule is Fc1ccc([B]Cc2ccccc2)cc1. The van der Waals surface area contributed by atoms with Crippen LogP contribution in [0.4, 0.5) is 4.39 Å². The predicted molar refractivity (Wildman–Crippen MR) is 61.9 cm³/mol. The van der Waals surface area contributed by atoms with Crippen LogP contribution in [0.15, 0.2) is 54.6 Å². The second-order valence-corrected chi connectivity index (χ2v) is 3.45. The summed E-state index contributed by atoms with van der Waals surface area (Å²) in [7, 11) is 2.09. The molecule has 0 aromatic heterocycles. The van der Waals surface area contributed by atoms with E-state index in [1.807, 2.05) is 18.2 Å². The van der Waals surface area contributed by atoms with Crippen molar-refractivity contribution < 1.29 is 4.39 Å². The first-order chi connectivity index (χ1) is 7.34. The molecule has 2 heteroatoms. The van der Waals surface area contributed by atoms with Crippen molar-refractivity contribution in [3.63, 3.8) is 0 Å². The van der Waals surface area contributed by atoms with Crippen molar-refractivity contribution >= 4 is 12.7 Å². The minimum absolute atomic E-state index is 0.188. The summed E-state index contributed by atoms with van der Waals surface area (Å²) in [5.41, 5.74) is 2.32. The summed E-state index contributed by atoms with van der Waals surface area (Å²) in [4.78, 5) is 0. The van der Waals surface area contributed by atoms with E-state index in [0.29, 0.717) is 0 Å². The maximum Gasteiger partial charge on any atom is 0.156 e. The number of halogens is 1. The lowest BCUT2D eigenvalue weighted by atomic mass is 9.65. The molecule has 2 aromatic rings. The molecule has 0 nitrogen and oxygen atoms in total. The van der Waals surface area contributed by atoms with Crippen molar-refractivity contribution in [2.24, 2.45) is 0 Å². The Labute approximate surface area is 90.0 Å². The van der Waals surface area contributed by atoms with Crippen LogP contribution in [0, 0.1) is 5.82 Å². The van der Waals surface area contributed by atoms with Gasteiger partial charge in [-0.15, -0.1) is 0 Å². The van der Waals surface area contributed by atoms with E-state index >= 15 is 0 Å². The Balaban J connectivity index is 1.96. The van der Waals surface area contributed by atoms with E-state index in [1.165, 1.54) is 17.7 Å². The third kappa shape index (κ3) is 2.95. The summed E-state index contributed by atoms with van der Waals surface area (Å²) in [6.07, 6.45) is 0.881. The largest absolute Gasteiger partial charge is 0.207 e. The van der Waals surface area contributed by atoms with Gasteiger partial charge in [-0.25, -0.2) is 4.39 Å². The van der Waals surface area contributed by atoms with Crippen LogP contribution in [0.5, 0.6) is 0 Å². The highest BCUT2D eigenvalue weighted by molar-refractivity contribution is 6.52. The van der Waals surface area contributed by atoms with Crippen molar-refractivity contribution in [3.8, 4) is 0 Å². The predicted octanol–water partition coefficient (Wildman–Crippen LogP) is 2.36. The zero-order chi connectivity index (χ0) is 10.5. The Morgan fingerprint density at radius 3 is 2.20 bits per heavy atom. The highest BCUT2D eigenvalue weighted by Gasteiger charge is 1.97. The molecule has 0 fully saturated rings. The van der Waals surface area contributed by atoms with Crippen LogP contribution in [0.3, 0.4) is 0 Å². The third-order valence-electron chi connectivity index (χ3n) is 2.29. The topological polar surface area (TPSA) is 0 Å². The number of hydrogen-bond donors (Lipinski definition) is 0. The van der Waals surface area contributed by atoms with Crippen molar-refractivity contribution in [1.82, 2.24) is 0 Å². The minimum Gasteiger partial charge on any atom is -0.207 e. The molecule has 0 saturated carbocycles. The first-order valence-electron chi connectivity index (χ1n) is 4.97. The molecule has 2 rings (SSSR count). The molecule has 15 heavy (non-hydrogen) atoms. The fourth-order valence-corrected chi connectivity index (χ4v) is 1.45. The molecule has 0 aliphatic heterocycles. The molecule has 1 radical (unpaired) electrons. The van der Waals surface area contributed by atoms with Crippen molar-refractivity contribution in [2.75, 3.05) is 0 Å². The summed E-state index contributed by atoms with van der Waals surface area (Å²) in [5, 5.41) is 0. The van der Waals surface area contributed by atoms with Gasteiger partial charge in [0, 0.05) is 0 Å². The van der Waals surface area contributed by atoms with Crippen LogP contribution >= 0.6 is 0 Å². The van der Waals surface area contributed by atoms with Gasteiger partial charge in [-0.2, -0.15) is 0 Å². The number of rotatable bonds is 3. The van der Waals surface area contributed by atoms with E-state index in [4.69, 9.17) is 0 Å². The maximum atomic E-state index is 12.6. The maximum absolute atomic E-state index is 12.6. The first kappa shape index (κ1) is 9.97. The smallest absolute Gasteiger partial charge is 0.156 e. The lowest BCUT2D eigenvalue weighted by Crippen LogP contribution is -2.16. The first-order valence-corrected chi connectivity index (χ1v) is 4.97.